The maximum absolute atomic E-state index is 12.0. The number of benzene rings is 3. The number of nitrogens with two attached hydrogens (primary N) is 1. The van der Waals surface area contributed by atoms with Gasteiger partial charge in [-0.1, -0.05) is 91.0 Å². The lowest BCUT2D eigenvalue weighted by molar-refractivity contribution is -0.328. The van der Waals surface area contributed by atoms with Crippen molar-refractivity contribution in [3.05, 3.63) is 108 Å². The average Bonchev–Trinajstić information content (AvgIpc) is 3.36. The molecule has 0 saturated carbocycles. The van der Waals surface area contributed by atoms with Gasteiger partial charge in [-0.05, 0) is 37.5 Å². The van der Waals surface area contributed by atoms with Crippen LogP contribution in [0.2, 0.25) is 0 Å². The standard InChI is InChI=1S/C37H47NO9/c1-25-32(47-37(3,4)46-25)30(38)23-44-36-35(43-22-29-18-12-7-13-19-29)34(42-21-28-16-10-6-11-17-28)33(31(45-36)24-40-26(2)39)41-20-27-14-8-5-9-15-27/h5-19,25,30-36H,20-24,38H2,1-4H3/t25-,30+,31?,32-,33-,34+,35?,36+/m1/s1. The first-order chi connectivity index (χ1) is 22.7. The summed E-state index contributed by atoms with van der Waals surface area (Å²) < 4.78 is 50.2. The fourth-order valence-corrected chi connectivity index (χ4v) is 5.92. The maximum atomic E-state index is 12.0. The van der Waals surface area contributed by atoms with E-state index in [4.69, 9.17) is 43.6 Å². The molecular weight excluding hydrogens is 602 g/mol. The number of esters is 1. The Labute approximate surface area is 277 Å². The summed E-state index contributed by atoms with van der Waals surface area (Å²) in [4.78, 5) is 12.0. The van der Waals surface area contributed by atoms with E-state index in [9.17, 15) is 4.79 Å². The minimum atomic E-state index is -0.937. The molecule has 2 N–H and O–H groups in total. The lowest BCUT2D eigenvalue weighted by atomic mass is 9.97. The van der Waals surface area contributed by atoms with Crippen LogP contribution in [0.5, 0.6) is 0 Å². The third-order valence-electron chi connectivity index (χ3n) is 8.13. The van der Waals surface area contributed by atoms with Gasteiger partial charge in [0.05, 0.1) is 38.6 Å². The predicted molar refractivity (Wildman–Crippen MR) is 174 cm³/mol. The molecule has 3 aromatic carbocycles. The van der Waals surface area contributed by atoms with E-state index in [1.165, 1.54) is 6.92 Å². The van der Waals surface area contributed by atoms with Crippen LogP contribution >= 0.6 is 0 Å². The molecule has 3 aromatic rings. The molecule has 254 valence electrons. The van der Waals surface area contributed by atoms with Crippen LogP contribution in [0.15, 0.2) is 91.0 Å². The quantitative estimate of drug-likeness (QED) is 0.228. The zero-order valence-corrected chi connectivity index (χ0v) is 27.6. The van der Waals surface area contributed by atoms with Gasteiger partial charge >= 0.3 is 5.97 Å². The maximum Gasteiger partial charge on any atom is 0.302 e. The van der Waals surface area contributed by atoms with Crippen molar-refractivity contribution in [3.63, 3.8) is 0 Å². The number of carbonyl (C=O) groups excluding carboxylic acids is 1. The van der Waals surface area contributed by atoms with Crippen LogP contribution in [0.1, 0.15) is 44.4 Å². The largest absolute Gasteiger partial charge is 0.463 e. The zero-order valence-electron chi connectivity index (χ0n) is 27.6. The molecule has 0 bridgehead atoms. The highest BCUT2D eigenvalue weighted by molar-refractivity contribution is 5.65. The second-order valence-corrected chi connectivity index (χ2v) is 12.4. The Morgan fingerprint density at radius 3 is 1.70 bits per heavy atom. The summed E-state index contributed by atoms with van der Waals surface area (Å²) in [6.07, 6.45) is -4.38. The summed E-state index contributed by atoms with van der Waals surface area (Å²) in [6, 6.07) is 29.0. The molecule has 0 radical (unpaired) electrons. The summed E-state index contributed by atoms with van der Waals surface area (Å²) in [7, 11) is 0. The lowest BCUT2D eigenvalue weighted by Gasteiger charge is -2.46. The third-order valence-corrected chi connectivity index (χ3v) is 8.13. The minimum Gasteiger partial charge on any atom is -0.463 e. The van der Waals surface area contributed by atoms with E-state index in [2.05, 4.69) is 0 Å². The Morgan fingerprint density at radius 2 is 1.23 bits per heavy atom. The highest BCUT2D eigenvalue weighted by Crippen LogP contribution is 2.33. The molecule has 8 atom stereocenters. The van der Waals surface area contributed by atoms with Crippen molar-refractivity contribution in [1.82, 2.24) is 0 Å². The van der Waals surface area contributed by atoms with Crippen LogP contribution in [0.3, 0.4) is 0 Å². The Bertz CT molecular complexity index is 1360. The van der Waals surface area contributed by atoms with Crippen LogP contribution in [0, 0.1) is 0 Å². The highest BCUT2D eigenvalue weighted by Gasteiger charge is 2.50. The molecule has 2 heterocycles. The minimum absolute atomic E-state index is 0.0674. The van der Waals surface area contributed by atoms with Crippen LogP contribution in [0.25, 0.3) is 0 Å². The van der Waals surface area contributed by atoms with Gasteiger partial charge < -0.3 is 43.6 Å². The number of hydrogen-bond acceptors (Lipinski definition) is 10. The van der Waals surface area contributed by atoms with Crippen molar-refractivity contribution < 1.29 is 42.7 Å². The third kappa shape index (κ3) is 10.2. The van der Waals surface area contributed by atoms with Gasteiger partial charge in [0.1, 0.15) is 37.1 Å². The Balaban J connectivity index is 1.43. The molecule has 10 nitrogen and oxygen atoms in total. The Morgan fingerprint density at radius 1 is 0.745 bits per heavy atom. The van der Waals surface area contributed by atoms with Gasteiger partial charge in [0.25, 0.3) is 0 Å². The van der Waals surface area contributed by atoms with Gasteiger partial charge in [0.15, 0.2) is 12.1 Å². The second kappa shape index (κ2) is 16.8. The summed E-state index contributed by atoms with van der Waals surface area (Å²) in [5.41, 5.74) is 9.54. The zero-order chi connectivity index (χ0) is 33.2. The number of ether oxygens (including phenoxy) is 8. The average molecular weight is 650 g/mol. The predicted octanol–water partition coefficient (Wildman–Crippen LogP) is 4.91. The molecule has 2 unspecified atom stereocenters. The molecule has 2 aliphatic heterocycles. The fraction of sp³-hybridized carbons (Fsp3) is 0.486. The molecule has 0 amide bonds. The van der Waals surface area contributed by atoms with E-state index in [1.807, 2.05) is 112 Å². The molecule has 2 saturated heterocycles. The first kappa shape index (κ1) is 35.1. The van der Waals surface area contributed by atoms with Crippen LogP contribution in [-0.2, 0) is 62.5 Å². The van der Waals surface area contributed by atoms with E-state index in [0.29, 0.717) is 0 Å². The van der Waals surface area contributed by atoms with Crippen molar-refractivity contribution >= 4 is 5.97 Å². The summed E-state index contributed by atoms with van der Waals surface area (Å²) in [6.45, 7) is 7.87. The Kier molecular flexibility index (Phi) is 12.5. The van der Waals surface area contributed by atoms with Crippen molar-refractivity contribution in [2.24, 2.45) is 5.73 Å². The van der Waals surface area contributed by atoms with E-state index in [-0.39, 0.29) is 45.2 Å². The molecule has 2 fully saturated rings. The summed E-state index contributed by atoms with van der Waals surface area (Å²) >= 11 is 0. The van der Waals surface area contributed by atoms with E-state index < -0.39 is 48.5 Å². The van der Waals surface area contributed by atoms with Gasteiger partial charge in [-0.25, -0.2) is 0 Å². The first-order valence-corrected chi connectivity index (χ1v) is 16.2. The molecule has 5 rings (SSSR count). The van der Waals surface area contributed by atoms with Gasteiger partial charge in [-0.15, -0.1) is 0 Å². The fourth-order valence-electron chi connectivity index (χ4n) is 5.92. The van der Waals surface area contributed by atoms with Gasteiger partial charge in [-0.2, -0.15) is 0 Å². The van der Waals surface area contributed by atoms with Gasteiger partial charge in [0.2, 0.25) is 0 Å². The monoisotopic (exact) mass is 649 g/mol. The molecule has 2 aliphatic rings. The van der Waals surface area contributed by atoms with E-state index >= 15 is 0 Å². The highest BCUT2D eigenvalue weighted by atomic mass is 16.8. The van der Waals surface area contributed by atoms with Gasteiger partial charge in [-0.3, -0.25) is 4.79 Å². The molecule has 10 heteroatoms. The molecular formula is C37H47NO9. The Hall–Kier alpha value is -3.19. The summed E-state index contributed by atoms with van der Waals surface area (Å²) in [5.74, 6) is -1.19. The van der Waals surface area contributed by atoms with Crippen molar-refractivity contribution in [2.75, 3.05) is 13.2 Å². The molecule has 47 heavy (non-hydrogen) atoms. The van der Waals surface area contributed by atoms with Crippen molar-refractivity contribution in [1.29, 1.82) is 0 Å². The second-order valence-electron chi connectivity index (χ2n) is 12.4. The van der Waals surface area contributed by atoms with E-state index in [0.717, 1.165) is 16.7 Å². The number of hydrogen-bond donors (Lipinski definition) is 1. The number of rotatable bonds is 15. The van der Waals surface area contributed by atoms with Crippen LogP contribution in [-0.4, -0.2) is 73.9 Å². The lowest BCUT2D eigenvalue weighted by Crippen LogP contribution is -2.62. The summed E-state index contributed by atoms with van der Waals surface area (Å²) in [5, 5.41) is 0. The SMILES string of the molecule is CC(=O)OCC1O[C@H](OC[C@H](N)[C@@H]2OC(C)(C)O[C@@H]2C)C(OCc2ccccc2)[C@@H](OCc2ccccc2)[C@@H]1OCc1ccccc1. The van der Waals surface area contributed by atoms with Crippen molar-refractivity contribution in [2.45, 2.75) is 102 Å². The van der Waals surface area contributed by atoms with Crippen LogP contribution in [0.4, 0.5) is 0 Å². The van der Waals surface area contributed by atoms with Crippen molar-refractivity contribution in [3.8, 4) is 0 Å². The van der Waals surface area contributed by atoms with Crippen LogP contribution < -0.4 is 5.73 Å². The smallest absolute Gasteiger partial charge is 0.302 e. The molecule has 0 aromatic heterocycles. The topological polar surface area (TPSA) is 117 Å². The van der Waals surface area contributed by atoms with Gasteiger partial charge in [0, 0.05) is 6.92 Å². The first-order valence-electron chi connectivity index (χ1n) is 16.2. The number of carbonyl (C=O) groups is 1. The molecule has 0 spiro atoms. The van der Waals surface area contributed by atoms with E-state index in [1.54, 1.807) is 0 Å². The normalized spacial score (nSPS) is 27.7. The molecule has 0 aliphatic carbocycles.